The van der Waals surface area contributed by atoms with Crippen LogP contribution in [0.25, 0.3) is 11.3 Å². The number of aryl methyl sites for hydroxylation is 2. The molecule has 3 rings (SSSR count). The first-order chi connectivity index (χ1) is 9.28. The zero-order valence-corrected chi connectivity index (χ0v) is 11.7. The van der Waals surface area contributed by atoms with Gasteiger partial charge < -0.3 is 4.98 Å². The summed E-state index contributed by atoms with van der Waals surface area (Å²) in [6.45, 7) is 0. The number of H-pyrrole nitrogens is 1. The predicted molar refractivity (Wildman–Crippen MR) is 81.8 cm³/mol. The fourth-order valence-corrected chi connectivity index (χ4v) is 2.95. The third kappa shape index (κ3) is 2.47. The molecule has 0 aliphatic heterocycles. The van der Waals surface area contributed by atoms with E-state index in [0.29, 0.717) is 11.3 Å². The van der Waals surface area contributed by atoms with Crippen molar-refractivity contribution in [2.75, 3.05) is 0 Å². The Labute approximate surface area is 118 Å². The molecule has 1 N–H and O–H groups in total. The standard InChI is InChI=1S/C16H17NOS/c18-16-14(10-19)7-8-15(17-16)13-6-5-11-3-1-2-4-12(11)9-13/h5-9,19H,1-4,10H2,(H,17,18). The van der Waals surface area contributed by atoms with Crippen molar-refractivity contribution in [3.05, 3.63) is 57.4 Å². The molecular formula is C16H17NOS. The van der Waals surface area contributed by atoms with Crippen LogP contribution in [0.15, 0.2) is 35.1 Å². The molecule has 19 heavy (non-hydrogen) atoms. The maximum Gasteiger partial charge on any atom is 0.252 e. The summed E-state index contributed by atoms with van der Waals surface area (Å²) in [6.07, 6.45) is 4.90. The molecule has 1 heterocycles. The Morgan fingerprint density at radius 1 is 1.05 bits per heavy atom. The Balaban J connectivity index is 2.02. The van der Waals surface area contributed by atoms with Crippen molar-refractivity contribution in [1.82, 2.24) is 4.98 Å². The molecular weight excluding hydrogens is 254 g/mol. The number of hydrogen-bond acceptors (Lipinski definition) is 2. The summed E-state index contributed by atoms with van der Waals surface area (Å²) in [5.74, 6) is 0.472. The number of pyridine rings is 1. The first-order valence-corrected chi connectivity index (χ1v) is 7.36. The lowest BCUT2D eigenvalue weighted by atomic mass is 9.90. The number of hydrogen-bond donors (Lipinski definition) is 2. The minimum absolute atomic E-state index is 0.0368. The summed E-state index contributed by atoms with van der Waals surface area (Å²) in [7, 11) is 0. The Morgan fingerprint density at radius 3 is 2.58 bits per heavy atom. The van der Waals surface area contributed by atoms with Gasteiger partial charge in [0.15, 0.2) is 0 Å². The number of thiol groups is 1. The molecule has 0 spiro atoms. The Morgan fingerprint density at radius 2 is 1.84 bits per heavy atom. The summed E-state index contributed by atoms with van der Waals surface area (Å²) in [5, 5.41) is 0. The predicted octanol–water partition coefficient (Wildman–Crippen LogP) is 3.35. The molecule has 2 nitrogen and oxygen atoms in total. The van der Waals surface area contributed by atoms with Crippen LogP contribution in [0.2, 0.25) is 0 Å². The van der Waals surface area contributed by atoms with Crippen LogP contribution in [-0.2, 0) is 18.6 Å². The normalized spacial score (nSPS) is 14.2. The second-order valence-corrected chi connectivity index (χ2v) is 5.39. The van der Waals surface area contributed by atoms with Crippen LogP contribution < -0.4 is 5.56 Å². The molecule has 98 valence electrons. The number of benzene rings is 1. The van der Waals surface area contributed by atoms with Crippen molar-refractivity contribution < 1.29 is 0 Å². The monoisotopic (exact) mass is 271 g/mol. The van der Waals surface area contributed by atoms with Gasteiger partial charge in [0.25, 0.3) is 5.56 Å². The molecule has 0 amide bonds. The lowest BCUT2D eigenvalue weighted by molar-refractivity contribution is 0.686. The highest BCUT2D eigenvalue weighted by Crippen LogP contribution is 2.26. The fourth-order valence-electron chi connectivity index (χ4n) is 2.70. The third-order valence-electron chi connectivity index (χ3n) is 3.82. The summed E-state index contributed by atoms with van der Waals surface area (Å²) < 4.78 is 0. The van der Waals surface area contributed by atoms with E-state index in [1.807, 2.05) is 12.1 Å². The topological polar surface area (TPSA) is 32.9 Å². The Hall–Kier alpha value is -1.48. The second-order valence-electron chi connectivity index (χ2n) is 5.08. The van der Waals surface area contributed by atoms with E-state index in [1.54, 1.807) is 0 Å². The van der Waals surface area contributed by atoms with Crippen LogP contribution >= 0.6 is 12.6 Å². The number of rotatable bonds is 2. The van der Waals surface area contributed by atoms with Crippen LogP contribution in [0.1, 0.15) is 29.5 Å². The van der Waals surface area contributed by atoms with Crippen molar-refractivity contribution in [3.63, 3.8) is 0 Å². The molecule has 1 aromatic heterocycles. The van der Waals surface area contributed by atoms with Gasteiger partial charge in [-0.1, -0.05) is 18.2 Å². The van der Waals surface area contributed by atoms with Gasteiger partial charge in [0.05, 0.1) is 0 Å². The second kappa shape index (κ2) is 5.25. The van der Waals surface area contributed by atoms with E-state index in [0.717, 1.165) is 17.7 Å². The smallest absolute Gasteiger partial charge is 0.252 e. The average molecular weight is 271 g/mol. The molecule has 0 atom stereocenters. The molecule has 1 aliphatic carbocycles. The highest BCUT2D eigenvalue weighted by Gasteiger charge is 2.10. The minimum atomic E-state index is -0.0368. The molecule has 0 bridgehead atoms. The van der Waals surface area contributed by atoms with E-state index >= 15 is 0 Å². The van der Waals surface area contributed by atoms with Gasteiger partial charge in [-0.25, -0.2) is 0 Å². The first kappa shape index (κ1) is 12.5. The van der Waals surface area contributed by atoms with Crippen molar-refractivity contribution >= 4 is 12.6 Å². The number of fused-ring (bicyclic) bond motifs is 1. The number of nitrogens with one attached hydrogen (secondary N) is 1. The van der Waals surface area contributed by atoms with Gasteiger partial charge in [-0.05, 0) is 54.5 Å². The maximum atomic E-state index is 11.8. The Kier molecular flexibility index (Phi) is 3.47. The van der Waals surface area contributed by atoms with Crippen molar-refractivity contribution in [2.24, 2.45) is 0 Å². The van der Waals surface area contributed by atoms with Crippen LogP contribution in [0, 0.1) is 0 Å². The summed E-state index contributed by atoms with van der Waals surface area (Å²) in [5.41, 5.74) is 5.56. The van der Waals surface area contributed by atoms with Gasteiger partial charge in [-0.2, -0.15) is 12.6 Å². The van der Waals surface area contributed by atoms with Gasteiger partial charge >= 0.3 is 0 Å². The molecule has 2 aromatic rings. The van der Waals surface area contributed by atoms with Crippen LogP contribution in [0.4, 0.5) is 0 Å². The van der Waals surface area contributed by atoms with Gasteiger partial charge in [0.1, 0.15) is 0 Å². The van der Waals surface area contributed by atoms with E-state index in [1.165, 1.54) is 30.4 Å². The molecule has 1 aliphatic rings. The van der Waals surface area contributed by atoms with E-state index in [-0.39, 0.29) is 5.56 Å². The molecule has 0 radical (unpaired) electrons. The highest BCUT2D eigenvalue weighted by atomic mass is 32.1. The average Bonchev–Trinajstić information content (AvgIpc) is 2.46. The minimum Gasteiger partial charge on any atom is -0.322 e. The molecule has 0 saturated carbocycles. The largest absolute Gasteiger partial charge is 0.322 e. The SMILES string of the molecule is O=c1[nH]c(-c2ccc3c(c2)CCCC3)ccc1CS. The fraction of sp³-hybridized carbons (Fsp3) is 0.312. The van der Waals surface area contributed by atoms with E-state index in [2.05, 4.69) is 35.8 Å². The highest BCUT2D eigenvalue weighted by molar-refractivity contribution is 7.79. The maximum absolute atomic E-state index is 11.8. The van der Waals surface area contributed by atoms with E-state index in [9.17, 15) is 4.79 Å². The van der Waals surface area contributed by atoms with Crippen LogP contribution in [0.5, 0.6) is 0 Å². The zero-order chi connectivity index (χ0) is 13.2. The third-order valence-corrected chi connectivity index (χ3v) is 4.16. The molecule has 0 unspecified atom stereocenters. The molecule has 0 fully saturated rings. The van der Waals surface area contributed by atoms with Crippen LogP contribution in [0.3, 0.4) is 0 Å². The lowest BCUT2D eigenvalue weighted by Gasteiger charge is -2.16. The molecule has 1 aromatic carbocycles. The molecule has 3 heteroatoms. The number of aromatic nitrogens is 1. The summed E-state index contributed by atoms with van der Waals surface area (Å²) in [6, 6.07) is 10.4. The van der Waals surface area contributed by atoms with Gasteiger partial charge in [0.2, 0.25) is 0 Å². The van der Waals surface area contributed by atoms with Gasteiger partial charge in [0, 0.05) is 17.0 Å². The summed E-state index contributed by atoms with van der Waals surface area (Å²) in [4.78, 5) is 14.8. The number of aromatic amines is 1. The van der Waals surface area contributed by atoms with Gasteiger partial charge in [-0.3, -0.25) is 4.79 Å². The van der Waals surface area contributed by atoms with E-state index in [4.69, 9.17) is 0 Å². The zero-order valence-electron chi connectivity index (χ0n) is 10.8. The Bertz CT molecular complexity index is 660. The quantitative estimate of drug-likeness (QED) is 0.807. The van der Waals surface area contributed by atoms with Gasteiger partial charge in [-0.15, -0.1) is 0 Å². The van der Waals surface area contributed by atoms with Crippen LogP contribution in [-0.4, -0.2) is 4.98 Å². The summed E-state index contributed by atoms with van der Waals surface area (Å²) >= 11 is 4.15. The van der Waals surface area contributed by atoms with Crippen molar-refractivity contribution in [3.8, 4) is 11.3 Å². The lowest BCUT2D eigenvalue weighted by Crippen LogP contribution is -2.11. The first-order valence-electron chi connectivity index (χ1n) is 6.73. The molecule has 0 saturated heterocycles. The van der Waals surface area contributed by atoms with Crippen molar-refractivity contribution in [2.45, 2.75) is 31.4 Å². The van der Waals surface area contributed by atoms with E-state index < -0.39 is 0 Å². The van der Waals surface area contributed by atoms with Crippen molar-refractivity contribution in [1.29, 1.82) is 0 Å².